The summed E-state index contributed by atoms with van der Waals surface area (Å²) in [5.74, 6) is -0.312. The van der Waals surface area contributed by atoms with Gasteiger partial charge in [-0.05, 0) is 6.08 Å². The molecule has 2 aliphatic heterocycles. The fourth-order valence-electron chi connectivity index (χ4n) is 1.38. The van der Waals surface area contributed by atoms with Gasteiger partial charge in [0.15, 0.2) is 0 Å². The van der Waals surface area contributed by atoms with Gasteiger partial charge in [-0.15, -0.1) is 0 Å². The quantitative estimate of drug-likeness (QED) is 0.341. The van der Waals surface area contributed by atoms with Gasteiger partial charge in [-0.25, -0.2) is 14.6 Å². The van der Waals surface area contributed by atoms with Gasteiger partial charge in [0.25, 0.3) is 0 Å². The minimum absolute atomic E-state index is 0.163. The molecule has 4 nitrogen and oxygen atoms in total. The lowest BCUT2D eigenvalue weighted by Crippen LogP contribution is -2.17. The normalized spacial score (nSPS) is 31.0. The Morgan fingerprint density at radius 1 is 1.54 bits per heavy atom. The Morgan fingerprint density at radius 3 is 3.00 bits per heavy atom. The van der Waals surface area contributed by atoms with E-state index in [1.165, 1.54) is 7.11 Å². The van der Waals surface area contributed by atoms with Crippen LogP contribution in [0.15, 0.2) is 23.8 Å². The van der Waals surface area contributed by atoms with E-state index in [4.69, 9.17) is 9.78 Å². The van der Waals surface area contributed by atoms with Crippen LogP contribution in [0.25, 0.3) is 0 Å². The summed E-state index contributed by atoms with van der Waals surface area (Å²) in [6.45, 7) is 0. The topological polar surface area (TPSA) is 44.8 Å². The van der Waals surface area contributed by atoms with Gasteiger partial charge in [0.2, 0.25) is 0 Å². The number of carbonyl (C=O) groups is 1. The smallest absolute Gasteiger partial charge is 0.333 e. The SMILES string of the molecule is COC(=O)C1=CC2C=CC(C1)OO2. The Kier molecular flexibility index (Phi) is 2.16. The molecule has 0 aromatic heterocycles. The van der Waals surface area contributed by atoms with Crippen LogP contribution in [0.1, 0.15) is 6.42 Å². The van der Waals surface area contributed by atoms with Crippen molar-refractivity contribution >= 4 is 5.97 Å². The van der Waals surface area contributed by atoms with Crippen molar-refractivity contribution in [1.29, 1.82) is 0 Å². The molecule has 1 aliphatic carbocycles. The van der Waals surface area contributed by atoms with Gasteiger partial charge in [-0.3, -0.25) is 0 Å². The average Bonchev–Trinajstić information content (AvgIpc) is 2.49. The molecule has 0 aromatic rings. The predicted molar refractivity (Wildman–Crippen MR) is 43.6 cm³/mol. The van der Waals surface area contributed by atoms with Crippen LogP contribution < -0.4 is 0 Å². The lowest BCUT2D eigenvalue weighted by atomic mass is 10.1. The maximum Gasteiger partial charge on any atom is 0.333 e. The molecule has 4 heteroatoms. The molecular formula is C9H10O4. The van der Waals surface area contributed by atoms with Crippen LogP contribution >= 0.6 is 0 Å². The monoisotopic (exact) mass is 182 g/mol. The second-order valence-electron chi connectivity index (χ2n) is 2.97. The van der Waals surface area contributed by atoms with Gasteiger partial charge in [-0.2, -0.15) is 0 Å². The molecule has 0 radical (unpaired) electrons. The van der Waals surface area contributed by atoms with E-state index in [0.29, 0.717) is 12.0 Å². The fraction of sp³-hybridized carbons (Fsp3) is 0.444. The molecule has 2 unspecified atom stereocenters. The Hall–Kier alpha value is -1.13. The Morgan fingerprint density at radius 2 is 2.38 bits per heavy atom. The third-order valence-corrected chi connectivity index (χ3v) is 2.04. The second-order valence-corrected chi connectivity index (χ2v) is 2.97. The summed E-state index contributed by atoms with van der Waals surface area (Å²) in [4.78, 5) is 21.1. The molecule has 2 bridgehead atoms. The van der Waals surface area contributed by atoms with E-state index >= 15 is 0 Å². The molecule has 0 fully saturated rings. The van der Waals surface area contributed by atoms with E-state index in [9.17, 15) is 4.79 Å². The highest BCUT2D eigenvalue weighted by Gasteiger charge is 2.26. The van der Waals surface area contributed by atoms with Crippen LogP contribution in [0.4, 0.5) is 0 Å². The number of carbonyl (C=O) groups excluding carboxylic acids is 1. The molecule has 0 N–H and O–H groups in total. The van der Waals surface area contributed by atoms with E-state index in [2.05, 4.69) is 4.74 Å². The maximum absolute atomic E-state index is 11.2. The first-order valence-electron chi connectivity index (χ1n) is 4.09. The number of methoxy groups -OCH3 is 1. The minimum Gasteiger partial charge on any atom is -0.466 e. The van der Waals surface area contributed by atoms with Crippen LogP contribution in [0.2, 0.25) is 0 Å². The number of hydrogen-bond donors (Lipinski definition) is 0. The van der Waals surface area contributed by atoms with E-state index in [1.54, 1.807) is 6.08 Å². The zero-order valence-electron chi connectivity index (χ0n) is 7.23. The molecule has 0 saturated heterocycles. The van der Waals surface area contributed by atoms with Gasteiger partial charge in [0.1, 0.15) is 12.2 Å². The summed E-state index contributed by atoms with van der Waals surface area (Å²) in [6, 6.07) is 0. The first-order chi connectivity index (χ1) is 6.29. The summed E-state index contributed by atoms with van der Waals surface area (Å²) in [5, 5.41) is 0. The lowest BCUT2D eigenvalue weighted by Gasteiger charge is -2.15. The van der Waals surface area contributed by atoms with Crippen LogP contribution in [0.5, 0.6) is 0 Å². The van der Waals surface area contributed by atoms with Crippen molar-refractivity contribution in [3.63, 3.8) is 0 Å². The largest absolute Gasteiger partial charge is 0.466 e. The Labute approximate surface area is 75.7 Å². The lowest BCUT2D eigenvalue weighted by molar-refractivity contribution is -0.327. The minimum atomic E-state index is -0.312. The molecule has 2 atom stereocenters. The fourth-order valence-corrected chi connectivity index (χ4v) is 1.38. The van der Waals surface area contributed by atoms with E-state index in [1.807, 2.05) is 12.2 Å². The first-order valence-corrected chi connectivity index (χ1v) is 4.09. The molecule has 0 saturated carbocycles. The molecule has 2 heterocycles. The number of ether oxygens (including phenoxy) is 1. The van der Waals surface area contributed by atoms with Crippen molar-refractivity contribution in [2.24, 2.45) is 0 Å². The van der Waals surface area contributed by atoms with E-state index in [-0.39, 0.29) is 18.2 Å². The summed E-state index contributed by atoms with van der Waals surface area (Å²) in [5.41, 5.74) is 0.611. The molecule has 70 valence electrons. The number of esters is 1. The third kappa shape index (κ3) is 1.64. The van der Waals surface area contributed by atoms with Crippen molar-refractivity contribution in [3.8, 4) is 0 Å². The van der Waals surface area contributed by atoms with Gasteiger partial charge < -0.3 is 4.74 Å². The highest BCUT2D eigenvalue weighted by atomic mass is 17.2. The summed E-state index contributed by atoms with van der Waals surface area (Å²) in [6.07, 6.45) is 5.57. The standard InChI is InChI=1S/C9H10O4/c1-11-9(10)6-4-7-2-3-8(5-6)13-12-7/h2-4,7-8H,5H2,1H3. The highest BCUT2D eigenvalue weighted by molar-refractivity contribution is 5.88. The Balaban J connectivity index is 2.20. The van der Waals surface area contributed by atoms with Crippen molar-refractivity contribution in [1.82, 2.24) is 0 Å². The van der Waals surface area contributed by atoms with Crippen LogP contribution in [0.3, 0.4) is 0 Å². The van der Waals surface area contributed by atoms with E-state index in [0.717, 1.165) is 0 Å². The third-order valence-electron chi connectivity index (χ3n) is 2.04. The van der Waals surface area contributed by atoms with Crippen LogP contribution in [-0.4, -0.2) is 25.3 Å². The van der Waals surface area contributed by atoms with Crippen LogP contribution in [0, 0.1) is 0 Å². The Bertz CT molecular complexity index is 279. The zero-order chi connectivity index (χ0) is 9.26. The average molecular weight is 182 g/mol. The van der Waals surface area contributed by atoms with Crippen LogP contribution in [-0.2, 0) is 19.3 Å². The highest BCUT2D eigenvalue weighted by Crippen LogP contribution is 2.23. The molecule has 3 rings (SSSR count). The van der Waals surface area contributed by atoms with Gasteiger partial charge >= 0.3 is 5.97 Å². The van der Waals surface area contributed by atoms with Crippen molar-refractivity contribution < 1.29 is 19.3 Å². The molecular weight excluding hydrogens is 172 g/mol. The van der Waals surface area contributed by atoms with Gasteiger partial charge in [-0.1, -0.05) is 12.2 Å². The number of rotatable bonds is 1. The summed E-state index contributed by atoms with van der Waals surface area (Å²) in [7, 11) is 1.37. The molecule has 3 aliphatic rings. The van der Waals surface area contributed by atoms with Crippen molar-refractivity contribution in [2.75, 3.05) is 7.11 Å². The summed E-state index contributed by atoms with van der Waals surface area (Å²) >= 11 is 0. The first kappa shape index (κ1) is 8.47. The van der Waals surface area contributed by atoms with Gasteiger partial charge in [0.05, 0.1) is 7.11 Å². The van der Waals surface area contributed by atoms with Crippen molar-refractivity contribution in [2.45, 2.75) is 18.6 Å². The van der Waals surface area contributed by atoms with Gasteiger partial charge in [0, 0.05) is 12.0 Å². The predicted octanol–water partition coefficient (Wildman–Crippen LogP) is 0.745. The van der Waals surface area contributed by atoms with Crippen molar-refractivity contribution in [3.05, 3.63) is 23.8 Å². The number of hydrogen-bond acceptors (Lipinski definition) is 4. The molecule has 0 spiro atoms. The maximum atomic E-state index is 11.2. The molecule has 13 heavy (non-hydrogen) atoms. The summed E-state index contributed by atoms with van der Waals surface area (Å²) < 4.78 is 4.62. The molecule has 0 amide bonds. The van der Waals surface area contributed by atoms with E-state index < -0.39 is 0 Å². The zero-order valence-corrected chi connectivity index (χ0v) is 7.23. The number of fused-ring (bicyclic) bond motifs is 2. The molecule has 0 aromatic carbocycles. The second kappa shape index (κ2) is 3.32.